The minimum Gasteiger partial charge on any atom is -0.370 e. The van der Waals surface area contributed by atoms with E-state index in [1.165, 1.54) is 18.4 Å². The second kappa shape index (κ2) is 4.34. The lowest BCUT2D eigenvalue weighted by Crippen LogP contribution is -2.23. The number of nitrogens with two attached hydrogens (primary N) is 1. The van der Waals surface area contributed by atoms with Crippen LogP contribution < -0.4 is 11.1 Å². The lowest BCUT2D eigenvalue weighted by atomic mass is 10.2. The molecule has 0 spiro atoms. The summed E-state index contributed by atoms with van der Waals surface area (Å²) in [4.78, 5) is 4.29. The summed E-state index contributed by atoms with van der Waals surface area (Å²) in [6.07, 6.45) is 2.61. The largest absolute Gasteiger partial charge is 0.370 e. The average molecular weight is 203 g/mol. The minimum atomic E-state index is 0.519. The Bertz CT molecular complexity index is 350. The quantitative estimate of drug-likeness (QED) is 0.584. The number of aliphatic imine (C=N–C) groups is 1. The molecule has 1 aliphatic carbocycles. The fourth-order valence-corrected chi connectivity index (χ4v) is 1.35. The van der Waals surface area contributed by atoms with Crippen LogP contribution in [0.5, 0.6) is 0 Å². The van der Waals surface area contributed by atoms with Crippen LogP contribution in [0.1, 0.15) is 18.4 Å². The molecule has 0 amide bonds. The zero-order valence-electron chi connectivity index (χ0n) is 9.03. The van der Waals surface area contributed by atoms with Gasteiger partial charge in [-0.05, 0) is 37.8 Å². The van der Waals surface area contributed by atoms with Crippen molar-refractivity contribution in [3.05, 3.63) is 29.8 Å². The first-order valence-corrected chi connectivity index (χ1v) is 5.37. The van der Waals surface area contributed by atoms with Crippen LogP contribution in [0.2, 0.25) is 0 Å². The van der Waals surface area contributed by atoms with Crippen molar-refractivity contribution in [2.24, 2.45) is 16.6 Å². The van der Waals surface area contributed by atoms with E-state index in [2.05, 4.69) is 29.4 Å². The number of nitrogens with zero attached hydrogens (tertiary/aromatic N) is 1. The zero-order chi connectivity index (χ0) is 10.7. The number of rotatable bonds is 3. The normalized spacial score (nSPS) is 16.5. The lowest BCUT2D eigenvalue weighted by molar-refractivity contribution is 0.846. The van der Waals surface area contributed by atoms with E-state index in [0.29, 0.717) is 5.96 Å². The molecular formula is C12H17N3. The van der Waals surface area contributed by atoms with E-state index < -0.39 is 0 Å². The first-order valence-electron chi connectivity index (χ1n) is 5.37. The fraction of sp³-hybridized carbons (Fsp3) is 0.417. The molecule has 0 heterocycles. The van der Waals surface area contributed by atoms with Crippen molar-refractivity contribution in [1.29, 1.82) is 0 Å². The molecule has 0 aromatic heterocycles. The van der Waals surface area contributed by atoms with Crippen molar-refractivity contribution in [2.75, 3.05) is 11.9 Å². The number of benzene rings is 1. The second-order valence-corrected chi connectivity index (χ2v) is 4.16. The highest BCUT2D eigenvalue weighted by molar-refractivity contribution is 5.92. The van der Waals surface area contributed by atoms with E-state index in [0.717, 1.165) is 18.2 Å². The number of hydrogen-bond acceptors (Lipinski definition) is 1. The summed E-state index contributed by atoms with van der Waals surface area (Å²) in [5.74, 6) is 1.30. The molecule has 15 heavy (non-hydrogen) atoms. The van der Waals surface area contributed by atoms with Crippen molar-refractivity contribution in [3.8, 4) is 0 Å². The van der Waals surface area contributed by atoms with Crippen molar-refractivity contribution in [1.82, 2.24) is 0 Å². The standard InChI is InChI=1S/C12H17N3/c1-9-2-6-11(7-3-9)15-12(13)14-8-10-4-5-10/h2-3,6-7,10H,4-5,8H2,1H3,(H3,13,14,15). The van der Waals surface area contributed by atoms with Crippen LogP contribution in [-0.4, -0.2) is 12.5 Å². The predicted molar refractivity (Wildman–Crippen MR) is 64.0 cm³/mol. The van der Waals surface area contributed by atoms with Gasteiger partial charge in [0.05, 0.1) is 0 Å². The lowest BCUT2D eigenvalue weighted by Gasteiger charge is -2.05. The molecule has 80 valence electrons. The highest BCUT2D eigenvalue weighted by atomic mass is 15.1. The molecule has 1 fully saturated rings. The molecule has 0 unspecified atom stereocenters. The average Bonchev–Trinajstić information content (AvgIpc) is 3.02. The van der Waals surface area contributed by atoms with Crippen molar-refractivity contribution in [3.63, 3.8) is 0 Å². The summed E-state index contributed by atoms with van der Waals surface area (Å²) in [5, 5.41) is 3.08. The molecule has 0 saturated heterocycles. The smallest absolute Gasteiger partial charge is 0.193 e. The third-order valence-corrected chi connectivity index (χ3v) is 2.54. The van der Waals surface area contributed by atoms with Crippen LogP contribution in [-0.2, 0) is 0 Å². The third-order valence-electron chi connectivity index (χ3n) is 2.54. The minimum absolute atomic E-state index is 0.519. The van der Waals surface area contributed by atoms with Gasteiger partial charge in [-0.25, -0.2) is 0 Å². The Morgan fingerprint density at radius 3 is 2.67 bits per heavy atom. The third kappa shape index (κ3) is 3.27. The van der Waals surface area contributed by atoms with Crippen LogP contribution in [0.15, 0.2) is 29.3 Å². The number of nitrogens with one attached hydrogen (secondary N) is 1. The highest BCUT2D eigenvalue weighted by Crippen LogP contribution is 2.28. The molecule has 3 N–H and O–H groups in total. The van der Waals surface area contributed by atoms with Gasteiger partial charge in [0.25, 0.3) is 0 Å². The van der Waals surface area contributed by atoms with Crippen molar-refractivity contribution < 1.29 is 0 Å². The van der Waals surface area contributed by atoms with Gasteiger partial charge in [0.2, 0.25) is 0 Å². The van der Waals surface area contributed by atoms with E-state index in [4.69, 9.17) is 5.73 Å². The first kappa shape index (κ1) is 10.0. The second-order valence-electron chi connectivity index (χ2n) is 4.16. The predicted octanol–water partition coefficient (Wildman–Crippen LogP) is 2.13. The van der Waals surface area contributed by atoms with Gasteiger partial charge in [0.15, 0.2) is 5.96 Å². The van der Waals surface area contributed by atoms with Gasteiger partial charge in [0.1, 0.15) is 0 Å². The summed E-state index contributed by atoms with van der Waals surface area (Å²) in [7, 11) is 0. The molecule has 3 heteroatoms. The summed E-state index contributed by atoms with van der Waals surface area (Å²) in [6.45, 7) is 2.93. The summed E-state index contributed by atoms with van der Waals surface area (Å²) < 4.78 is 0. The Balaban J connectivity index is 1.89. The van der Waals surface area contributed by atoms with Gasteiger partial charge in [-0.1, -0.05) is 17.7 Å². The Morgan fingerprint density at radius 2 is 2.07 bits per heavy atom. The molecule has 2 rings (SSSR count). The Kier molecular flexibility index (Phi) is 2.90. The molecule has 1 aromatic rings. The number of anilines is 1. The maximum Gasteiger partial charge on any atom is 0.193 e. The Labute approximate surface area is 90.4 Å². The molecule has 3 nitrogen and oxygen atoms in total. The van der Waals surface area contributed by atoms with Crippen LogP contribution in [0.4, 0.5) is 5.69 Å². The van der Waals surface area contributed by atoms with Gasteiger partial charge in [-0.15, -0.1) is 0 Å². The highest BCUT2D eigenvalue weighted by Gasteiger charge is 2.20. The Morgan fingerprint density at radius 1 is 1.40 bits per heavy atom. The van der Waals surface area contributed by atoms with Crippen LogP contribution in [0.25, 0.3) is 0 Å². The molecule has 0 radical (unpaired) electrons. The number of guanidine groups is 1. The maximum absolute atomic E-state index is 5.76. The molecule has 1 saturated carbocycles. The number of hydrogen-bond donors (Lipinski definition) is 2. The molecule has 1 aromatic carbocycles. The van der Waals surface area contributed by atoms with Gasteiger partial charge >= 0.3 is 0 Å². The van der Waals surface area contributed by atoms with E-state index in [-0.39, 0.29) is 0 Å². The van der Waals surface area contributed by atoms with Crippen LogP contribution >= 0.6 is 0 Å². The van der Waals surface area contributed by atoms with E-state index >= 15 is 0 Å². The van der Waals surface area contributed by atoms with Crippen LogP contribution in [0, 0.1) is 12.8 Å². The fourth-order valence-electron chi connectivity index (χ4n) is 1.35. The molecule has 0 atom stereocenters. The molecule has 0 bridgehead atoms. The van der Waals surface area contributed by atoms with E-state index in [9.17, 15) is 0 Å². The maximum atomic E-state index is 5.76. The van der Waals surface area contributed by atoms with Gasteiger partial charge in [-0.2, -0.15) is 0 Å². The van der Waals surface area contributed by atoms with Gasteiger partial charge in [-0.3, -0.25) is 4.99 Å². The van der Waals surface area contributed by atoms with E-state index in [1.54, 1.807) is 0 Å². The summed E-state index contributed by atoms with van der Waals surface area (Å²) in [5.41, 5.74) is 8.00. The van der Waals surface area contributed by atoms with Crippen molar-refractivity contribution in [2.45, 2.75) is 19.8 Å². The molecular weight excluding hydrogens is 186 g/mol. The van der Waals surface area contributed by atoms with Gasteiger partial charge < -0.3 is 11.1 Å². The van der Waals surface area contributed by atoms with Crippen molar-refractivity contribution >= 4 is 11.6 Å². The molecule has 1 aliphatic rings. The topological polar surface area (TPSA) is 50.4 Å². The van der Waals surface area contributed by atoms with Gasteiger partial charge in [0, 0.05) is 12.2 Å². The van der Waals surface area contributed by atoms with Crippen LogP contribution in [0.3, 0.4) is 0 Å². The summed E-state index contributed by atoms with van der Waals surface area (Å²) in [6, 6.07) is 8.12. The first-order chi connectivity index (χ1) is 7.24. The number of aryl methyl sites for hydroxylation is 1. The monoisotopic (exact) mass is 203 g/mol. The molecule has 0 aliphatic heterocycles. The zero-order valence-corrected chi connectivity index (χ0v) is 9.03. The van der Waals surface area contributed by atoms with E-state index in [1.807, 2.05) is 12.1 Å². The summed E-state index contributed by atoms with van der Waals surface area (Å²) >= 11 is 0. The Hall–Kier alpha value is -1.51. The SMILES string of the molecule is Cc1ccc(NC(N)=NCC2CC2)cc1.